The zero-order valence-corrected chi connectivity index (χ0v) is 21.8. The average Bonchev–Trinajstić information content (AvgIpc) is 3.30. The van der Waals surface area contributed by atoms with Gasteiger partial charge in [-0.3, -0.25) is 4.79 Å². The van der Waals surface area contributed by atoms with E-state index in [0.717, 1.165) is 53.8 Å². The number of hydrogen-bond acceptors (Lipinski definition) is 2. The van der Waals surface area contributed by atoms with Crippen LogP contribution in [0.4, 0.5) is 17.6 Å². The quantitative estimate of drug-likeness (QED) is 0.251. The van der Waals surface area contributed by atoms with Crippen LogP contribution < -0.4 is 0 Å². The lowest BCUT2D eigenvalue weighted by molar-refractivity contribution is -0.137. The second-order valence-corrected chi connectivity index (χ2v) is 10.0. The molecule has 1 aliphatic heterocycles. The van der Waals surface area contributed by atoms with Gasteiger partial charge in [0.2, 0.25) is 5.91 Å². The molecule has 1 fully saturated rings. The van der Waals surface area contributed by atoms with Crippen molar-refractivity contribution < 1.29 is 22.4 Å². The first-order valence-electron chi connectivity index (χ1n) is 13.2. The number of carbonyl (C=O) groups excluding carboxylic acids is 1. The van der Waals surface area contributed by atoms with Crippen LogP contribution in [0.3, 0.4) is 0 Å². The van der Waals surface area contributed by atoms with Crippen molar-refractivity contribution in [3.8, 4) is 0 Å². The average molecular weight is 538 g/mol. The summed E-state index contributed by atoms with van der Waals surface area (Å²) >= 11 is 0. The number of hydrogen-bond donors (Lipinski definition) is 0. The summed E-state index contributed by atoms with van der Waals surface area (Å²) in [5, 5.41) is 0.938. The van der Waals surface area contributed by atoms with E-state index in [2.05, 4.69) is 16.4 Å². The zero-order chi connectivity index (χ0) is 27.6. The first-order chi connectivity index (χ1) is 18.7. The van der Waals surface area contributed by atoms with Gasteiger partial charge >= 0.3 is 6.18 Å². The maximum absolute atomic E-state index is 13.5. The van der Waals surface area contributed by atoms with Crippen molar-refractivity contribution in [3.05, 3.63) is 107 Å². The summed E-state index contributed by atoms with van der Waals surface area (Å²) in [5.74, 6) is -0.744. The van der Waals surface area contributed by atoms with E-state index in [1.165, 1.54) is 24.3 Å². The topological polar surface area (TPSA) is 28.5 Å². The Morgan fingerprint density at radius 2 is 1.56 bits per heavy atom. The number of alkyl halides is 3. The third kappa shape index (κ3) is 6.01. The predicted molar refractivity (Wildman–Crippen MR) is 144 cm³/mol. The van der Waals surface area contributed by atoms with Crippen LogP contribution in [0.2, 0.25) is 0 Å². The number of carbonyl (C=O) groups is 1. The highest BCUT2D eigenvalue weighted by Gasteiger charge is 2.31. The van der Waals surface area contributed by atoms with Gasteiger partial charge in [0.1, 0.15) is 5.82 Å². The van der Waals surface area contributed by atoms with Crippen molar-refractivity contribution in [3.63, 3.8) is 0 Å². The number of likely N-dealkylation sites (N-methyl/N-ethyl adjacent to an activating group) is 1. The zero-order valence-electron chi connectivity index (χ0n) is 21.8. The molecule has 0 unspecified atom stereocenters. The van der Waals surface area contributed by atoms with Gasteiger partial charge in [0.15, 0.2) is 0 Å². The molecule has 2 heterocycles. The Balaban J connectivity index is 1.52. The lowest BCUT2D eigenvalue weighted by Gasteiger charge is -2.35. The second kappa shape index (κ2) is 11.2. The summed E-state index contributed by atoms with van der Waals surface area (Å²) in [7, 11) is 0. The summed E-state index contributed by atoms with van der Waals surface area (Å²) in [6.45, 7) is 6.42. The number of rotatable bonds is 7. The van der Waals surface area contributed by atoms with E-state index in [-0.39, 0.29) is 18.1 Å². The molecule has 8 heteroatoms. The molecular weight excluding hydrogens is 506 g/mol. The van der Waals surface area contributed by atoms with Gasteiger partial charge in [-0.2, -0.15) is 13.2 Å². The van der Waals surface area contributed by atoms with E-state index in [9.17, 15) is 22.4 Å². The van der Waals surface area contributed by atoms with E-state index in [4.69, 9.17) is 0 Å². The number of halogens is 4. The van der Waals surface area contributed by atoms with Crippen LogP contribution in [0.1, 0.15) is 41.5 Å². The molecule has 1 saturated heterocycles. The number of fused-ring (bicyclic) bond motifs is 1. The first kappa shape index (κ1) is 26.9. The Kier molecular flexibility index (Phi) is 7.75. The Hall–Kier alpha value is -3.65. The van der Waals surface area contributed by atoms with Crippen LogP contribution in [0, 0.1) is 5.82 Å². The van der Waals surface area contributed by atoms with E-state index >= 15 is 0 Å². The lowest BCUT2D eigenvalue weighted by Crippen LogP contribution is -2.48. The SMILES string of the molecule is CCN1CCN(C(=O)C[C@H](c2ccc(C(F)(F)F)cc2)c2cn(Cc3ccc(F)cc3)c3ccccc23)CC1. The van der Waals surface area contributed by atoms with Crippen molar-refractivity contribution in [2.75, 3.05) is 32.7 Å². The molecule has 4 nitrogen and oxygen atoms in total. The number of nitrogens with zero attached hydrogens (tertiary/aromatic N) is 3. The minimum absolute atomic E-state index is 0.00832. The fraction of sp³-hybridized carbons (Fsp3) is 0.323. The molecule has 5 rings (SSSR count). The molecule has 0 bridgehead atoms. The minimum atomic E-state index is -4.44. The van der Waals surface area contributed by atoms with Crippen LogP contribution in [0.5, 0.6) is 0 Å². The molecule has 204 valence electrons. The van der Waals surface area contributed by atoms with Gasteiger partial charge in [-0.25, -0.2) is 4.39 Å². The highest BCUT2D eigenvalue weighted by molar-refractivity contribution is 5.87. The largest absolute Gasteiger partial charge is 0.416 e. The van der Waals surface area contributed by atoms with Crippen molar-refractivity contribution in [1.29, 1.82) is 0 Å². The van der Waals surface area contributed by atoms with Gasteiger partial charge in [0.25, 0.3) is 0 Å². The molecule has 4 aromatic rings. The molecule has 0 N–H and O–H groups in total. The van der Waals surface area contributed by atoms with Crippen LogP contribution in [0.15, 0.2) is 79.0 Å². The summed E-state index contributed by atoms with van der Waals surface area (Å²) in [6, 6.07) is 19.3. The van der Waals surface area contributed by atoms with E-state index in [1.807, 2.05) is 35.4 Å². The lowest BCUT2D eigenvalue weighted by atomic mass is 9.87. The Morgan fingerprint density at radius 1 is 0.897 bits per heavy atom. The highest BCUT2D eigenvalue weighted by Crippen LogP contribution is 2.37. The number of para-hydroxylation sites is 1. The molecule has 0 spiro atoms. The molecular formula is C31H31F4N3O. The normalized spacial score (nSPS) is 15.6. The van der Waals surface area contributed by atoms with Crippen molar-refractivity contribution >= 4 is 16.8 Å². The highest BCUT2D eigenvalue weighted by atomic mass is 19.4. The number of piperazine rings is 1. The maximum Gasteiger partial charge on any atom is 0.416 e. The summed E-state index contributed by atoms with van der Waals surface area (Å²) in [4.78, 5) is 17.7. The minimum Gasteiger partial charge on any atom is -0.343 e. The number of amides is 1. The summed E-state index contributed by atoms with van der Waals surface area (Å²) in [6.07, 6.45) is -2.30. The van der Waals surface area contributed by atoms with Crippen LogP contribution in [0.25, 0.3) is 10.9 Å². The summed E-state index contributed by atoms with van der Waals surface area (Å²) < 4.78 is 55.5. The monoisotopic (exact) mass is 537 g/mol. The fourth-order valence-electron chi connectivity index (χ4n) is 5.40. The van der Waals surface area contributed by atoms with Gasteiger partial charge in [0, 0.05) is 62.2 Å². The smallest absolute Gasteiger partial charge is 0.343 e. The molecule has 1 aliphatic rings. The van der Waals surface area contributed by atoms with Crippen LogP contribution >= 0.6 is 0 Å². The van der Waals surface area contributed by atoms with Gasteiger partial charge in [-0.1, -0.05) is 49.4 Å². The fourth-order valence-corrected chi connectivity index (χ4v) is 5.40. The number of benzene rings is 3. The molecule has 3 aromatic carbocycles. The predicted octanol–water partition coefficient (Wildman–Crippen LogP) is 6.53. The Morgan fingerprint density at radius 3 is 2.21 bits per heavy atom. The molecule has 1 aromatic heterocycles. The maximum atomic E-state index is 13.5. The number of aromatic nitrogens is 1. The third-order valence-electron chi connectivity index (χ3n) is 7.65. The van der Waals surface area contributed by atoms with Crippen molar-refractivity contribution in [2.45, 2.75) is 32.0 Å². The van der Waals surface area contributed by atoms with E-state index in [0.29, 0.717) is 25.2 Å². The van der Waals surface area contributed by atoms with Crippen LogP contribution in [-0.2, 0) is 17.5 Å². The third-order valence-corrected chi connectivity index (χ3v) is 7.65. The van der Waals surface area contributed by atoms with E-state index in [1.54, 1.807) is 12.1 Å². The molecule has 39 heavy (non-hydrogen) atoms. The van der Waals surface area contributed by atoms with Gasteiger partial charge in [0.05, 0.1) is 5.56 Å². The van der Waals surface area contributed by atoms with Crippen LogP contribution in [-0.4, -0.2) is 53.0 Å². The molecule has 1 atom stereocenters. The van der Waals surface area contributed by atoms with E-state index < -0.39 is 17.7 Å². The Labute approximate surface area is 225 Å². The van der Waals surface area contributed by atoms with Crippen molar-refractivity contribution in [2.24, 2.45) is 0 Å². The molecule has 1 amide bonds. The Bertz CT molecular complexity index is 1420. The standard InChI is InChI=1S/C31H31F4N3O/c1-2-36-15-17-37(18-16-36)30(39)19-27(23-9-11-24(12-10-23)31(33,34)35)28-21-38(29-6-4-3-5-26(28)29)20-22-7-13-25(32)14-8-22/h3-14,21,27H,2,15-20H2,1H3/t27-/m1/s1. The van der Waals surface area contributed by atoms with Crippen molar-refractivity contribution in [1.82, 2.24) is 14.4 Å². The van der Waals surface area contributed by atoms with Gasteiger partial charge in [-0.15, -0.1) is 0 Å². The first-order valence-corrected chi connectivity index (χ1v) is 13.2. The molecule has 0 aliphatic carbocycles. The second-order valence-electron chi connectivity index (χ2n) is 10.0. The summed E-state index contributed by atoms with van der Waals surface area (Å²) in [5.41, 5.74) is 2.68. The van der Waals surface area contributed by atoms with Gasteiger partial charge < -0.3 is 14.4 Å². The van der Waals surface area contributed by atoms with Gasteiger partial charge in [-0.05, 0) is 53.6 Å². The molecule has 0 saturated carbocycles. The molecule has 0 radical (unpaired) electrons.